The van der Waals surface area contributed by atoms with Crippen LogP contribution in [0.5, 0.6) is 0 Å². The number of hydrogen-bond acceptors (Lipinski definition) is 8. The summed E-state index contributed by atoms with van der Waals surface area (Å²) >= 11 is 0. The van der Waals surface area contributed by atoms with Crippen molar-refractivity contribution < 1.29 is 18.5 Å². The van der Waals surface area contributed by atoms with Crippen LogP contribution in [-0.2, 0) is 0 Å². The third kappa shape index (κ3) is 5.20. The molecule has 1 N–H and O–H groups in total. The number of nitrogens with zero attached hydrogens (tertiary/aromatic N) is 8. The zero-order valence-corrected chi connectivity index (χ0v) is 22.9. The number of carbonyl (C=O) groups excluding carboxylic acids is 2. The molecule has 0 radical (unpaired) electrons. The molecule has 0 bridgehead atoms. The number of anilines is 1. The minimum Gasteiger partial charge on any atom is -0.364 e. The van der Waals surface area contributed by atoms with Crippen molar-refractivity contribution in [1.82, 2.24) is 39.2 Å². The molecule has 7 rings (SSSR count). The molecule has 0 spiro atoms. The summed E-state index contributed by atoms with van der Waals surface area (Å²) in [5.41, 5.74) is 3.60. The summed E-state index contributed by atoms with van der Waals surface area (Å²) in [6.45, 7) is 1.10. The lowest BCUT2D eigenvalue weighted by molar-refractivity contribution is 0.0684. The lowest BCUT2D eigenvalue weighted by Crippen LogP contribution is -2.39. The molecule has 2 aliphatic rings. The number of piperidine rings is 1. The molecule has 1 atom stereocenters. The summed E-state index contributed by atoms with van der Waals surface area (Å²) in [5, 5.41) is 11.4. The lowest BCUT2D eigenvalue weighted by Gasteiger charge is -2.33. The fourth-order valence-corrected chi connectivity index (χ4v) is 5.58. The summed E-state index contributed by atoms with van der Waals surface area (Å²) in [5.74, 6) is -0.482. The van der Waals surface area contributed by atoms with Crippen LogP contribution >= 0.6 is 0 Å². The predicted molar refractivity (Wildman–Crippen MR) is 153 cm³/mol. The Morgan fingerprint density at radius 1 is 1.07 bits per heavy atom. The van der Waals surface area contributed by atoms with Gasteiger partial charge in [0, 0.05) is 49.1 Å². The van der Waals surface area contributed by atoms with E-state index < -0.39 is 0 Å². The molecule has 6 heterocycles. The van der Waals surface area contributed by atoms with Gasteiger partial charge in [0.05, 0.1) is 23.9 Å². The van der Waals surface area contributed by atoms with Gasteiger partial charge in [-0.15, -0.1) is 0 Å². The van der Waals surface area contributed by atoms with Crippen molar-refractivity contribution in [2.45, 2.75) is 31.2 Å². The number of imidazole rings is 2. The number of halogens is 1. The van der Waals surface area contributed by atoms with Crippen molar-refractivity contribution in [1.29, 1.82) is 0 Å². The average molecular weight is 580 g/mol. The number of pyridine rings is 1. The van der Waals surface area contributed by atoms with E-state index in [4.69, 9.17) is 14.6 Å². The maximum absolute atomic E-state index is 13.8. The molecule has 5 aromatic rings. The molecule has 0 saturated carbocycles. The number of aromatic nitrogens is 7. The number of fused-ring (bicyclic) bond motifs is 1. The Hall–Kier alpha value is -5.46. The van der Waals surface area contributed by atoms with Gasteiger partial charge in [-0.3, -0.25) is 14.6 Å². The van der Waals surface area contributed by atoms with Crippen LogP contribution in [0.1, 0.15) is 57.8 Å². The first kappa shape index (κ1) is 26.4. The molecule has 1 aliphatic heterocycles. The van der Waals surface area contributed by atoms with E-state index in [-0.39, 0.29) is 29.6 Å². The number of amides is 2. The Labute approximate surface area is 244 Å². The number of likely N-dealkylation sites (tertiary alicyclic amines) is 1. The van der Waals surface area contributed by atoms with Crippen LogP contribution in [0.4, 0.5) is 10.2 Å². The first-order chi connectivity index (χ1) is 21.0. The average Bonchev–Trinajstić information content (AvgIpc) is 3.81. The van der Waals surface area contributed by atoms with Gasteiger partial charge >= 0.3 is 0 Å². The molecule has 1 aliphatic carbocycles. The van der Waals surface area contributed by atoms with Gasteiger partial charge in [0.1, 0.15) is 17.8 Å². The van der Waals surface area contributed by atoms with E-state index in [0.29, 0.717) is 60.8 Å². The van der Waals surface area contributed by atoms with Crippen LogP contribution in [0.15, 0.2) is 90.1 Å². The molecule has 216 valence electrons. The number of allylic oxidation sites excluding steroid dienone is 4. The molecule has 5 aromatic heterocycles. The quantitative estimate of drug-likeness (QED) is 0.308. The molecule has 0 aromatic carbocycles. The van der Waals surface area contributed by atoms with Gasteiger partial charge < -0.3 is 19.3 Å². The van der Waals surface area contributed by atoms with Crippen molar-refractivity contribution >= 4 is 23.3 Å². The molecule has 13 heteroatoms. The number of hydrogen-bond donors (Lipinski definition) is 1. The minimum absolute atomic E-state index is 0.0629. The monoisotopic (exact) mass is 579 g/mol. The molecular weight excluding hydrogens is 553 g/mol. The fraction of sp³-hybridized carbons (Fsp3) is 0.233. The zero-order valence-electron chi connectivity index (χ0n) is 22.9. The van der Waals surface area contributed by atoms with Crippen molar-refractivity contribution in [2.24, 2.45) is 0 Å². The lowest BCUT2D eigenvalue weighted by atomic mass is 9.94. The van der Waals surface area contributed by atoms with Crippen LogP contribution in [0.3, 0.4) is 0 Å². The van der Waals surface area contributed by atoms with Gasteiger partial charge in [0.15, 0.2) is 17.2 Å². The van der Waals surface area contributed by atoms with Crippen molar-refractivity contribution in [3.05, 3.63) is 103 Å². The zero-order chi connectivity index (χ0) is 29.3. The molecule has 12 nitrogen and oxygen atoms in total. The molecule has 2 amide bonds. The summed E-state index contributed by atoms with van der Waals surface area (Å²) in [4.78, 5) is 40.5. The third-order valence-electron chi connectivity index (χ3n) is 7.78. The van der Waals surface area contributed by atoms with Crippen LogP contribution in [0.2, 0.25) is 0 Å². The highest BCUT2D eigenvalue weighted by molar-refractivity contribution is 6.03. The Morgan fingerprint density at radius 3 is 2.65 bits per heavy atom. The summed E-state index contributed by atoms with van der Waals surface area (Å²) in [7, 11) is 0. The van der Waals surface area contributed by atoms with Crippen LogP contribution in [-0.4, -0.2) is 64.1 Å². The second kappa shape index (κ2) is 11.1. The fourth-order valence-electron chi connectivity index (χ4n) is 5.58. The van der Waals surface area contributed by atoms with Gasteiger partial charge in [-0.05, 0) is 55.7 Å². The highest BCUT2D eigenvalue weighted by Crippen LogP contribution is 2.37. The van der Waals surface area contributed by atoms with E-state index in [2.05, 4.69) is 25.0 Å². The van der Waals surface area contributed by atoms with Gasteiger partial charge in [-0.2, -0.15) is 5.10 Å². The third-order valence-corrected chi connectivity index (χ3v) is 7.78. The minimum atomic E-state index is -0.302. The normalized spacial score (nSPS) is 17.3. The first-order valence-electron chi connectivity index (χ1n) is 13.9. The molecule has 1 fully saturated rings. The van der Waals surface area contributed by atoms with E-state index in [9.17, 15) is 14.0 Å². The van der Waals surface area contributed by atoms with E-state index in [1.165, 1.54) is 12.3 Å². The molecular formula is C30H26FN9O3. The molecule has 1 saturated heterocycles. The summed E-state index contributed by atoms with van der Waals surface area (Å²) in [6.07, 6.45) is 14.7. The van der Waals surface area contributed by atoms with E-state index >= 15 is 0 Å². The van der Waals surface area contributed by atoms with Gasteiger partial charge in [-0.25, -0.2) is 18.9 Å². The first-order valence-corrected chi connectivity index (χ1v) is 13.9. The van der Waals surface area contributed by atoms with Gasteiger partial charge in [0.25, 0.3) is 11.8 Å². The van der Waals surface area contributed by atoms with E-state index in [0.717, 1.165) is 11.4 Å². The Kier molecular flexibility index (Phi) is 6.81. The van der Waals surface area contributed by atoms with Crippen molar-refractivity contribution in [3.8, 4) is 11.4 Å². The van der Waals surface area contributed by atoms with Crippen molar-refractivity contribution in [3.63, 3.8) is 0 Å². The Balaban J connectivity index is 1.19. The number of carbonyl (C=O) groups is 2. The largest absolute Gasteiger partial charge is 0.364 e. The maximum Gasteiger partial charge on any atom is 0.276 e. The van der Waals surface area contributed by atoms with Crippen LogP contribution in [0, 0.1) is 0 Å². The predicted octanol–water partition coefficient (Wildman–Crippen LogP) is 4.60. The maximum atomic E-state index is 13.8. The highest BCUT2D eigenvalue weighted by atomic mass is 19.1. The highest BCUT2D eigenvalue weighted by Gasteiger charge is 2.30. The summed E-state index contributed by atoms with van der Waals surface area (Å²) in [6, 6.07) is 8.59. The van der Waals surface area contributed by atoms with Crippen LogP contribution < -0.4 is 5.32 Å². The van der Waals surface area contributed by atoms with Gasteiger partial charge in [0.2, 0.25) is 0 Å². The number of rotatable bonds is 6. The SMILES string of the molecule is O=C(Nc1cn2nc(-c3c(C4C=CC(F)=CC4)ncn3C3CCN(C(=O)c4ccon4)CC3)ccc2n1)c1ccncc1. The molecule has 1 unspecified atom stereocenters. The summed E-state index contributed by atoms with van der Waals surface area (Å²) < 4.78 is 22.4. The molecule has 43 heavy (non-hydrogen) atoms. The second-order valence-corrected chi connectivity index (χ2v) is 10.4. The standard InChI is InChI=1S/C30H26FN9O3/c31-21-3-1-19(2-4-21)27-28(39(18-33-27)22-9-14-38(15-10-22)30(42)24-11-16-43-37-24)23-5-6-26-34-25(17-40(26)36-23)35-29(41)20-7-12-32-13-8-20/h1,3-8,11-13,16-19,22H,2,9-10,14-15H2,(H,35,41). The van der Waals surface area contributed by atoms with E-state index in [1.807, 2.05) is 24.5 Å². The Morgan fingerprint density at radius 2 is 1.91 bits per heavy atom. The number of nitrogens with one attached hydrogen (secondary N) is 1. The topological polar surface area (TPSA) is 136 Å². The van der Waals surface area contributed by atoms with Gasteiger partial charge in [-0.1, -0.05) is 11.2 Å². The van der Waals surface area contributed by atoms with Crippen molar-refractivity contribution in [2.75, 3.05) is 18.4 Å². The Bertz CT molecular complexity index is 1850. The smallest absolute Gasteiger partial charge is 0.276 e. The second-order valence-electron chi connectivity index (χ2n) is 10.4. The van der Waals surface area contributed by atoms with E-state index in [1.54, 1.807) is 52.3 Å². The van der Waals surface area contributed by atoms with Crippen LogP contribution in [0.25, 0.3) is 17.0 Å².